The van der Waals surface area contributed by atoms with Crippen molar-refractivity contribution >= 4 is 17.7 Å². The van der Waals surface area contributed by atoms with Crippen LogP contribution in [0.15, 0.2) is 54.1 Å². The van der Waals surface area contributed by atoms with E-state index in [0.717, 1.165) is 0 Å². The molecule has 0 heterocycles. The minimum Gasteiger partial charge on any atom is -0.490 e. The monoisotopic (exact) mass is 324 g/mol. The van der Waals surface area contributed by atoms with Crippen LogP contribution in [0, 0.1) is 17.1 Å². The summed E-state index contributed by atoms with van der Waals surface area (Å²) in [5, 5.41) is 11.7. The predicted molar refractivity (Wildman–Crippen MR) is 90.8 cm³/mol. The number of rotatable bonds is 5. The van der Waals surface area contributed by atoms with Crippen LogP contribution < -0.4 is 10.1 Å². The highest BCUT2D eigenvalue weighted by atomic mass is 19.1. The molecule has 1 amide bonds. The van der Waals surface area contributed by atoms with Crippen molar-refractivity contribution in [3.05, 3.63) is 65.5 Å². The van der Waals surface area contributed by atoms with Gasteiger partial charge in [-0.15, -0.1) is 0 Å². The Balaban J connectivity index is 2.28. The highest BCUT2D eigenvalue weighted by molar-refractivity contribution is 6.09. The zero-order chi connectivity index (χ0) is 17.5. The lowest BCUT2D eigenvalue weighted by Gasteiger charge is -2.12. The Hall–Kier alpha value is -3.13. The molecule has 0 fully saturated rings. The molecule has 0 aliphatic heterocycles. The normalized spacial score (nSPS) is 11.0. The number of benzene rings is 2. The number of hydrogen-bond acceptors (Lipinski definition) is 3. The zero-order valence-electron chi connectivity index (χ0n) is 13.4. The van der Waals surface area contributed by atoms with Crippen LogP contribution in [0.3, 0.4) is 0 Å². The van der Waals surface area contributed by atoms with Gasteiger partial charge in [-0.2, -0.15) is 5.26 Å². The molecule has 4 nitrogen and oxygen atoms in total. The summed E-state index contributed by atoms with van der Waals surface area (Å²) in [6.45, 7) is 3.77. The maximum absolute atomic E-state index is 13.6. The topological polar surface area (TPSA) is 62.1 Å². The first-order valence-corrected chi connectivity index (χ1v) is 7.44. The standard InChI is InChI=1S/C19H17FN2O2/c1-13(2)24-18-10-6-3-7-14(18)11-15(12-21)19(23)22-17-9-5-4-8-16(17)20/h3-11,13H,1-2H3,(H,22,23)/b15-11+. The highest BCUT2D eigenvalue weighted by Gasteiger charge is 2.13. The van der Waals surface area contributed by atoms with Gasteiger partial charge in [0.05, 0.1) is 11.8 Å². The van der Waals surface area contributed by atoms with E-state index in [1.807, 2.05) is 19.9 Å². The van der Waals surface area contributed by atoms with Crippen LogP contribution in [0.1, 0.15) is 19.4 Å². The van der Waals surface area contributed by atoms with Crippen molar-refractivity contribution in [2.75, 3.05) is 5.32 Å². The molecule has 2 aromatic rings. The molecule has 122 valence electrons. The molecule has 0 unspecified atom stereocenters. The predicted octanol–water partition coefficient (Wildman–Crippen LogP) is 4.16. The molecule has 2 rings (SSSR count). The van der Waals surface area contributed by atoms with Crippen molar-refractivity contribution in [1.29, 1.82) is 5.26 Å². The number of nitriles is 1. The first-order valence-electron chi connectivity index (χ1n) is 7.44. The highest BCUT2D eigenvalue weighted by Crippen LogP contribution is 2.23. The van der Waals surface area contributed by atoms with Crippen molar-refractivity contribution in [2.45, 2.75) is 20.0 Å². The number of ether oxygens (including phenoxy) is 1. The molecule has 0 aliphatic rings. The molecule has 0 saturated heterocycles. The Labute approximate surface area is 140 Å². The fraction of sp³-hybridized carbons (Fsp3) is 0.158. The largest absolute Gasteiger partial charge is 0.490 e. The summed E-state index contributed by atoms with van der Waals surface area (Å²) < 4.78 is 19.3. The Bertz CT molecular complexity index is 807. The molecule has 5 heteroatoms. The summed E-state index contributed by atoms with van der Waals surface area (Å²) in [5.74, 6) is -0.674. The van der Waals surface area contributed by atoms with E-state index in [9.17, 15) is 14.4 Å². The van der Waals surface area contributed by atoms with Crippen LogP contribution >= 0.6 is 0 Å². The minimum absolute atomic E-state index is 0.0235. The third-order valence-electron chi connectivity index (χ3n) is 3.07. The molecule has 1 N–H and O–H groups in total. The Morgan fingerprint density at radius 2 is 1.88 bits per heavy atom. The number of carbonyl (C=O) groups is 1. The molecule has 0 saturated carbocycles. The van der Waals surface area contributed by atoms with E-state index in [2.05, 4.69) is 5.32 Å². The molecule has 0 aromatic heterocycles. The van der Waals surface area contributed by atoms with E-state index in [-0.39, 0.29) is 17.4 Å². The lowest BCUT2D eigenvalue weighted by atomic mass is 10.1. The van der Waals surface area contributed by atoms with Crippen LogP contribution in [-0.4, -0.2) is 12.0 Å². The zero-order valence-corrected chi connectivity index (χ0v) is 13.4. The third-order valence-corrected chi connectivity index (χ3v) is 3.07. The fourth-order valence-electron chi connectivity index (χ4n) is 2.02. The molecule has 0 bridgehead atoms. The van der Waals surface area contributed by atoms with E-state index >= 15 is 0 Å². The summed E-state index contributed by atoms with van der Waals surface area (Å²) in [6.07, 6.45) is 1.38. The van der Waals surface area contributed by atoms with Crippen molar-refractivity contribution in [2.24, 2.45) is 0 Å². The third kappa shape index (κ3) is 4.43. The SMILES string of the molecule is CC(C)Oc1ccccc1/C=C(\C#N)C(=O)Nc1ccccc1F. The van der Waals surface area contributed by atoms with Gasteiger partial charge >= 0.3 is 0 Å². The summed E-state index contributed by atoms with van der Waals surface area (Å²) >= 11 is 0. The molecule has 24 heavy (non-hydrogen) atoms. The van der Waals surface area contributed by atoms with Crippen LogP contribution in [-0.2, 0) is 4.79 Å². The van der Waals surface area contributed by atoms with E-state index < -0.39 is 11.7 Å². The number of carbonyl (C=O) groups excluding carboxylic acids is 1. The summed E-state index contributed by atoms with van der Waals surface area (Å²) in [7, 11) is 0. The number of amides is 1. The molecular weight excluding hydrogens is 307 g/mol. The number of nitrogens with zero attached hydrogens (tertiary/aromatic N) is 1. The second-order valence-corrected chi connectivity index (χ2v) is 5.31. The summed E-state index contributed by atoms with van der Waals surface area (Å²) in [6, 6.07) is 14.7. The molecule has 0 aliphatic carbocycles. The molecule has 0 atom stereocenters. The first kappa shape index (κ1) is 17.2. The van der Waals surface area contributed by atoms with Crippen LogP contribution in [0.25, 0.3) is 6.08 Å². The summed E-state index contributed by atoms with van der Waals surface area (Å²) in [5.41, 5.74) is 0.486. The van der Waals surface area contributed by atoms with Crippen LogP contribution in [0.5, 0.6) is 5.75 Å². The lowest BCUT2D eigenvalue weighted by molar-refractivity contribution is -0.112. The van der Waals surface area contributed by atoms with Gasteiger partial charge in [0.1, 0.15) is 23.2 Å². The average Bonchev–Trinajstić information content (AvgIpc) is 2.55. The van der Waals surface area contributed by atoms with E-state index in [1.165, 1.54) is 24.3 Å². The molecule has 0 spiro atoms. The Kier molecular flexibility index (Phi) is 5.69. The Morgan fingerprint density at radius 1 is 1.21 bits per heavy atom. The van der Waals surface area contributed by atoms with Gasteiger partial charge in [0, 0.05) is 5.56 Å². The smallest absolute Gasteiger partial charge is 0.266 e. The van der Waals surface area contributed by atoms with Gasteiger partial charge < -0.3 is 10.1 Å². The van der Waals surface area contributed by atoms with Gasteiger partial charge in [-0.3, -0.25) is 4.79 Å². The second-order valence-electron chi connectivity index (χ2n) is 5.31. The molecule has 0 radical (unpaired) electrons. The first-order chi connectivity index (χ1) is 11.5. The number of halogens is 1. The minimum atomic E-state index is -0.679. The van der Waals surface area contributed by atoms with Crippen molar-refractivity contribution in [3.63, 3.8) is 0 Å². The van der Waals surface area contributed by atoms with Crippen molar-refractivity contribution < 1.29 is 13.9 Å². The number of anilines is 1. The molecular formula is C19H17FN2O2. The van der Waals surface area contributed by atoms with Crippen LogP contribution in [0.4, 0.5) is 10.1 Å². The Morgan fingerprint density at radius 3 is 2.54 bits per heavy atom. The maximum atomic E-state index is 13.6. The van der Waals surface area contributed by atoms with E-state index in [0.29, 0.717) is 11.3 Å². The maximum Gasteiger partial charge on any atom is 0.266 e. The quantitative estimate of drug-likeness (QED) is 0.663. The van der Waals surface area contributed by atoms with Crippen LogP contribution in [0.2, 0.25) is 0 Å². The van der Waals surface area contributed by atoms with Crippen molar-refractivity contribution in [3.8, 4) is 11.8 Å². The number of para-hydroxylation sites is 2. The fourth-order valence-corrected chi connectivity index (χ4v) is 2.02. The van der Waals surface area contributed by atoms with Gasteiger partial charge in [-0.1, -0.05) is 30.3 Å². The average molecular weight is 324 g/mol. The number of hydrogen-bond donors (Lipinski definition) is 1. The number of nitrogens with one attached hydrogen (secondary N) is 1. The van der Waals surface area contributed by atoms with Gasteiger partial charge in [-0.05, 0) is 38.1 Å². The second kappa shape index (κ2) is 7.93. The van der Waals surface area contributed by atoms with Crippen molar-refractivity contribution in [1.82, 2.24) is 0 Å². The summed E-state index contributed by atoms with van der Waals surface area (Å²) in [4.78, 5) is 12.2. The van der Waals surface area contributed by atoms with Gasteiger partial charge in [-0.25, -0.2) is 4.39 Å². The van der Waals surface area contributed by atoms with Gasteiger partial charge in [0.25, 0.3) is 5.91 Å². The van der Waals surface area contributed by atoms with E-state index in [1.54, 1.807) is 30.3 Å². The van der Waals surface area contributed by atoms with Gasteiger partial charge in [0.15, 0.2) is 0 Å². The van der Waals surface area contributed by atoms with E-state index in [4.69, 9.17) is 4.74 Å². The molecule has 2 aromatic carbocycles. The van der Waals surface area contributed by atoms with Gasteiger partial charge in [0.2, 0.25) is 0 Å². The lowest BCUT2D eigenvalue weighted by Crippen LogP contribution is -2.14.